The highest BCUT2D eigenvalue weighted by atomic mass is 31.2. The van der Waals surface area contributed by atoms with Crippen molar-refractivity contribution in [1.29, 1.82) is 0 Å². The molecule has 0 aliphatic rings. The summed E-state index contributed by atoms with van der Waals surface area (Å²) in [5.74, 6) is -1.33. The van der Waals surface area contributed by atoms with Gasteiger partial charge in [0.25, 0.3) is 0 Å². The Bertz CT molecular complexity index is 1930. The third-order valence-corrected chi connectivity index (χ3v) is 21.2. The third-order valence-electron chi connectivity index (χ3n) is 19.3. The summed E-state index contributed by atoms with van der Waals surface area (Å²) in [6.45, 7) is 7.30. The number of phosphoric ester groups is 2. The Labute approximate surface area is 619 Å². The van der Waals surface area contributed by atoms with Gasteiger partial charge >= 0.3 is 39.5 Å². The molecule has 19 heteroatoms. The fraction of sp³-hybridized carbons (Fsp3) is 0.951. The number of unbranched alkanes of at least 4 members (excludes halogenated alkanes) is 54. The number of carbonyl (C=O) groups excluding carboxylic acids is 4. The van der Waals surface area contributed by atoms with E-state index in [0.29, 0.717) is 25.7 Å². The lowest BCUT2D eigenvalue weighted by atomic mass is 10.0. The van der Waals surface area contributed by atoms with Gasteiger partial charge in [-0.15, -0.1) is 0 Å². The van der Waals surface area contributed by atoms with Gasteiger partial charge in [-0.05, 0) is 31.6 Å². The van der Waals surface area contributed by atoms with Crippen LogP contribution in [0.1, 0.15) is 439 Å². The topological polar surface area (TPSA) is 237 Å². The minimum atomic E-state index is -4.96. The molecule has 0 amide bonds. The molecule has 5 atom stereocenters. The summed E-state index contributed by atoms with van der Waals surface area (Å²) in [6.07, 6.45) is 66.9. The van der Waals surface area contributed by atoms with E-state index in [1.165, 1.54) is 250 Å². The summed E-state index contributed by atoms with van der Waals surface area (Å²) in [5, 5.41) is 10.6. The Kier molecular flexibility index (Phi) is 73.5. The predicted molar refractivity (Wildman–Crippen MR) is 414 cm³/mol. The molecular formula is C82H160O17P2. The molecule has 3 N–H and O–H groups in total. The number of aliphatic hydroxyl groups is 1. The van der Waals surface area contributed by atoms with Crippen molar-refractivity contribution in [2.45, 2.75) is 457 Å². The molecule has 0 fully saturated rings. The number of ether oxygens (including phenoxy) is 4. The molecule has 17 nitrogen and oxygen atoms in total. The second-order valence-electron chi connectivity index (χ2n) is 30.0. The summed E-state index contributed by atoms with van der Waals surface area (Å²) in [6, 6.07) is 0. The van der Waals surface area contributed by atoms with Crippen molar-refractivity contribution < 1.29 is 80.2 Å². The standard InChI is InChI=1S/C82H160O17P2/c1-6-9-12-15-18-20-22-24-26-28-30-32-34-36-38-43-47-52-57-62-67-82(87)99-78(72-93-80(85)66-61-56-51-46-42-37-35-33-31-29-27-25-23-21-19-16-13-10-7-2)74-97-101(90,91)95-70-76(83)69-94-100(88,89)96-73-77(71-92-79(84)65-60-55-49-17-14-11-8-3)98-81(86)68-63-58-53-48-44-40-39-41-45-50-54-59-64-75(4)5/h75-78,83H,6-74H2,1-5H3,(H,88,89)(H,90,91)/t76-,77+,78+/m0/s1. The largest absolute Gasteiger partial charge is 0.472 e. The number of hydrogen-bond donors (Lipinski definition) is 3. The highest BCUT2D eigenvalue weighted by Gasteiger charge is 2.30. The SMILES string of the molecule is CCCCCCCCCCCCCCCCCCCCCCC(=O)O[C@H](COC(=O)CCCCCCCCCCCCCCCCCCCCC)COP(=O)(O)OC[C@@H](O)COP(=O)(O)OC[C@@H](COC(=O)CCCCCCCCC)OC(=O)CCCCCCCCCCCCCCC(C)C. The lowest BCUT2D eigenvalue weighted by molar-refractivity contribution is -0.161. The molecule has 101 heavy (non-hydrogen) atoms. The second kappa shape index (κ2) is 74.9. The zero-order valence-electron chi connectivity index (χ0n) is 66.1. The van der Waals surface area contributed by atoms with E-state index in [9.17, 15) is 43.2 Å². The van der Waals surface area contributed by atoms with Crippen LogP contribution in [-0.4, -0.2) is 96.7 Å². The minimum Gasteiger partial charge on any atom is -0.462 e. The Balaban J connectivity index is 5.17. The average Bonchev–Trinajstić information content (AvgIpc) is 0.921. The molecule has 0 saturated carbocycles. The van der Waals surface area contributed by atoms with Crippen molar-refractivity contribution >= 4 is 39.5 Å². The number of esters is 4. The highest BCUT2D eigenvalue weighted by molar-refractivity contribution is 7.47. The molecule has 0 heterocycles. The quantitative estimate of drug-likeness (QED) is 0.0222. The van der Waals surface area contributed by atoms with Crippen molar-refractivity contribution in [3.63, 3.8) is 0 Å². The van der Waals surface area contributed by atoms with Crippen molar-refractivity contribution in [2.75, 3.05) is 39.6 Å². The maximum Gasteiger partial charge on any atom is 0.472 e. The number of aliphatic hydroxyl groups excluding tert-OH is 1. The van der Waals surface area contributed by atoms with Crippen LogP contribution in [-0.2, 0) is 65.4 Å². The fourth-order valence-corrected chi connectivity index (χ4v) is 14.3. The van der Waals surface area contributed by atoms with Crippen LogP contribution >= 0.6 is 15.6 Å². The van der Waals surface area contributed by atoms with E-state index in [1.54, 1.807) is 0 Å². The number of rotatable bonds is 82. The van der Waals surface area contributed by atoms with Crippen LogP contribution in [0.4, 0.5) is 0 Å². The highest BCUT2D eigenvalue weighted by Crippen LogP contribution is 2.45. The lowest BCUT2D eigenvalue weighted by Crippen LogP contribution is -2.30. The zero-order chi connectivity index (χ0) is 74.1. The maximum absolute atomic E-state index is 13.1. The molecule has 0 spiro atoms. The molecule has 0 aromatic heterocycles. The average molecular weight is 1480 g/mol. The Morgan fingerprint density at radius 3 is 0.673 bits per heavy atom. The fourth-order valence-electron chi connectivity index (χ4n) is 12.8. The van der Waals surface area contributed by atoms with E-state index in [0.717, 1.165) is 109 Å². The smallest absolute Gasteiger partial charge is 0.462 e. The van der Waals surface area contributed by atoms with Gasteiger partial charge in [0.05, 0.1) is 26.4 Å². The summed E-state index contributed by atoms with van der Waals surface area (Å²) in [5.41, 5.74) is 0. The molecule has 0 radical (unpaired) electrons. The Morgan fingerprint density at radius 1 is 0.267 bits per heavy atom. The maximum atomic E-state index is 13.1. The first-order chi connectivity index (χ1) is 49.0. The molecule has 0 rings (SSSR count). The third kappa shape index (κ3) is 76.1. The summed E-state index contributed by atoms with van der Waals surface area (Å²) in [7, 11) is -9.91. The van der Waals surface area contributed by atoms with Gasteiger partial charge < -0.3 is 33.8 Å². The number of carbonyl (C=O) groups is 4. The van der Waals surface area contributed by atoms with E-state index < -0.39 is 97.5 Å². The summed E-state index contributed by atoms with van der Waals surface area (Å²) < 4.78 is 68.6. The van der Waals surface area contributed by atoms with Crippen LogP contribution in [0.25, 0.3) is 0 Å². The van der Waals surface area contributed by atoms with Crippen LogP contribution in [0.3, 0.4) is 0 Å². The summed E-state index contributed by atoms with van der Waals surface area (Å²) >= 11 is 0. The minimum absolute atomic E-state index is 0.107. The molecule has 600 valence electrons. The monoisotopic (exact) mass is 1480 g/mol. The molecule has 0 aromatic rings. The molecule has 0 aliphatic carbocycles. The predicted octanol–water partition coefficient (Wildman–Crippen LogP) is 24.8. The normalized spacial score (nSPS) is 13.8. The van der Waals surface area contributed by atoms with Crippen molar-refractivity contribution in [3.05, 3.63) is 0 Å². The lowest BCUT2D eigenvalue weighted by Gasteiger charge is -2.21. The van der Waals surface area contributed by atoms with Gasteiger partial charge in [-0.3, -0.25) is 37.3 Å². The Morgan fingerprint density at radius 2 is 0.455 bits per heavy atom. The van der Waals surface area contributed by atoms with E-state index in [4.69, 9.17) is 37.0 Å². The first-order valence-corrected chi connectivity index (χ1v) is 45.6. The van der Waals surface area contributed by atoms with E-state index in [2.05, 4.69) is 34.6 Å². The van der Waals surface area contributed by atoms with Crippen LogP contribution in [0.2, 0.25) is 0 Å². The van der Waals surface area contributed by atoms with Gasteiger partial charge in [-0.25, -0.2) is 9.13 Å². The molecule has 0 aromatic carbocycles. The molecular weight excluding hydrogens is 1320 g/mol. The number of phosphoric acid groups is 2. The van der Waals surface area contributed by atoms with Gasteiger partial charge in [0.1, 0.15) is 19.3 Å². The van der Waals surface area contributed by atoms with Crippen molar-refractivity contribution in [3.8, 4) is 0 Å². The first-order valence-electron chi connectivity index (χ1n) is 42.6. The van der Waals surface area contributed by atoms with Gasteiger partial charge in [0, 0.05) is 25.7 Å². The van der Waals surface area contributed by atoms with E-state index in [1.807, 2.05) is 0 Å². The molecule has 2 unspecified atom stereocenters. The van der Waals surface area contributed by atoms with E-state index in [-0.39, 0.29) is 25.7 Å². The molecule has 0 saturated heterocycles. The van der Waals surface area contributed by atoms with Gasteiger partial charge in [-0.1, -0.05) is 388 Å². The first kappa shape index (κ1) is 99.1. The van der Waals surface area contributed by atoms with Crippen LogP contribution in [0.5, 0.6) is 0 Å². The van der Waals surface area contributed by atoms with Gasteiger partial charge in [-0.2, -0.15) is 0 Å². The number of hydrogen-bond acceptors (Lipinski definition) is 15. The van der Waals surface area contributed by atoms with Gasteiger partial charge in [0.2, 0.25) is 0 Å². The van der Waals surface area contributed by atoms with Crippen LogP contribution < -0.4 is 0 Å². The van der Waals surface area contributed by atoms with Crippen LogP contribution in [0.15, 0.2) is 0 Å². The molecule has 0 aliphatic heterocycles. The Hall–Kier alpha value is -1.94. The van der Waals surface area contributed by atoms with Crippen molar-refractivity contribution in [2.24, 2.45) is 5.92 Å². The summed E-state index contributed by atoms with van der Waals surface area (Å²) in [4.78, 5) is 72.9. The van der Waals surface area contributed by atoms with Crippen LogP contribution in [0, 0.1) is 5.92 Å². The molecule has 0 bridgehead atoms. The second-order valence-corrected chi connectivity index (χ2v) is 32.9. The van der Waals surface area contributed by atoms with Crippen molar-refractivity contribution in [1.82, 2.24) is 0 Å². The van der Waals surface area contributed by atoms with Gasteiger partial charge in [0.15, 0.2) is 12.2 Å². The van der Waals surface area contributed by atoms with E-state index >= 15 is 0 Å². The zero-order valence-corrected chi connectivity index (χ0v) is 67.8.